The van der Waals surface area contributed by atoms with E-state index in [1.165, 1.54) is 0 Å². The third-order valence-corrected chi connectivity index (χ3v) is 2.06. The molecule has 0 heterocycles. The number of nitrogens with two attached hydrogens (primary N) is 1. The molecule has 0 aliphatic heterocycles. The van der Waals surface area contributed by atoms with Gasteiger partial charge in [-0.1, -0.05) is 19.1 Å². The fourth-order valence-corrected chi connectivity index (χ4v) is 1.30. The molecule has 1 rings (SSSR count). The summed E-state index contributed by atoms with van der Waals surface area (Å²) in [7, 11) is 0. The van der Waals surface area contributed by atoms with E-state index < -0.39 is 0 Å². The van der Waals surface area contributed by atoms with E-state index in [-0.39, 0.29) is 0 Å². The van der Waals surface area contributed by atoms with E-state index in [9.17, 15) is 0 Å². The second-order valence-corrected chi connectivity index (χ2v) is 3.54. The molecule has 1 aromatic rings. The first-order chi connectivity index (χ1) is 8.38. The average Bonchev–Trinajstić information content (AvgIpc) is 2.37. The summed E-state index contributed by atoms with van der Waals surface area (Å²) in [5.74, 6) is 1.55. The number of rotatable bonds is 9. The first-order valence-corrected chi connectivity index (χ1v) is 6.01. The summed E-state index contributed by atoms with van der Waals surface area (Å²) in [6.45, 7) is 4.92. The van der Waals surface area contributed by atoms with Crippen LogP contribution in [0.4, 0.5) is 0 Å². The third-order valence-electron chi connectivity index (χ3n) is 2.06. The van der Waals surface area contributed by atoms with Crippen LogP contribution in [0.1, 0.15) is 13.3 Å². The Balaban J connectivity index is 2.35. The highest BCUT2D eigenvalue weighted by Gasteiger charge is 2.03. The van der Waals surface area contributed by atoms with E-state index in [0.29, 0.717) is 33.0 Å². The van der Waals surface area contributed by atoms with Crippen LogP contribution in [-0.4, -0.2) is 33.0 Å². The molecule has 0 atom stereocenters. The maximum Gasteiger partial charge on any atom is 0.161 e. The van der Waals surface area contributed by atoms with E-state index in [1.807, 2.05) is 24.3 Å². The van der Waals surface area contributed by atoms with Crippen molar-refractivity contribution in [2.24, 2.45) is 5.73 Å². The van der Waals surface area contributed by atoms with Gasteiger partial charge in [-0.15, -0.1) is 0 Å². The number of benzene rings is 1. The van der Waals surface area contributed by atoms with Crippen LogP contribution in [0.15, 0.2) is 24.3 Å². The topological polar surface area (TPSA) is 53.7 Å². The van der Waals surface area contributed by atoms with E-state index >= 15 is 0 Å². The van der Waals surface area contributed by atoms with Crippen molar-refractivity contribution in [2.45, 2.75) is 13.3 Å². The van der Waals surface area contributed by atoms with Crippen LogP contribution in [-0.2, 0) is 4.74 Å². The minimum atomic E-state index is 0.506. The van der Waals surface area contributed by atoms with Crippen LogP contribution in [0.3, 0.4) is 0 Å². The summed E-state index contributed by atoms with van der Waals surface area (Å²) in [5, 5.41) is 0. The van der Waals surface area contributed by atoms with Crippen molar-refractivity contribution in [3.05, 3.63) is 24.3 Å². The van der Waals surface area contributed by atoms with E-state index in [2.05, 4.69) is 6.92 Å². The van der Waals surface area contributed by atoms with Crippen molar-refractivity contribution in [2.75, 3.05) is 33.0 Å². The molecule has 0 aliphatic carbocycles. The molecule has 0 spiro atoms. The number of hydrogen-bond acceptors (Lipinski definition) is 4. The van der Waals surface area contributed by atoms with Crippen LogP contribution in [0.5, 0.6) is 11.5 Å². The number of para-hydroxylation sites is 2. The summed E-state index contributed by atoms with van der Waals surface area (Å²) in [6, 6.07) is 7.66. The van der Waals surface area contributed by atoms with Crippen LogP contribution in [0.2, 0.25) is 0 Å². The molecule has 0 aliphatic rings. The first kappa shape index (κ1) is 13.8. The minimum absolute atomic E-state index is 0.506. The SMILES string of the molecule is CCCOc1ccccc1OCCOCCN. The molecule has 96 valence electrons. The second-order valence-electron chi connectivity index (χ2n) is 3.54. The summed E-state index contributed by atoms with van der Waals surface area (Å²) < 4.78 is 16.4. The smallest absolute Gasteiger partial charge is 0.161 e. The predicted octanol–water partition coefficient (Wildman–Crippen LogP) is 1.83. The van der Waals surface area contributed by atoms with E-state index in [0.717, 1.165) is 17.9 Å². The summed E-state index contributed by atoms with van der Waals surface area (Å²) >= 11 is 0. The van der Waals surface area contributed by atoms with Crippen LogP contribution in [0.25, 0.3) is 0 Å². The Morgan fingerprint density at radius 2 is 1.59 bits per heavy atom. The molecular weight excluding hydrogens is 218 g/mol. The van der Waals surface area contributed by atoms with Crippen molar-refractivity contribution >= 4 is 0 Å². The van der Waals surface area contributed by atoms with Gasteiger partial charge in [-0.3, -0.25) is 0 Å². The molecule has 0 saturated heterocycles. The van der Waals surface area contributed by atoms with E-state index in [4.69, 9.17) is 19.9 Å². The maximum absolute atomic E-state index is 5.59. The molecule has 17 heavy (non-hydrogen) atoms. The molecule has 0 amide bonds. The molecule has 4 nitrogen and oxygen atoms in total. The Labute approximate surface area is 103 Å². The molecule has 0 aromatic heterocycles. The molecule has 0 unspecified atom stereocenters. The normalized spacial score (nSPS) is 10.2. The Kier molecular flexibility index (Phi) is 7.18. The Hall–Kier alpha value is -1.26. The van der Waals surface area contributed by atoms with Gasteiger partial charge in [0, 0.05) is 6.54 Å². The van der Waals surface area contributed by atoms with Crippen molar-refractivity contribution in [3.63, 3.8) is 0 Å². The van der Waals surface area contributed by atoms with Crippen molar-refractivity contribution in [1.82, 2.24) is 0 Å². The third kappa shape index (κ3) is 5.56. The molecular formula is C13H21NO3. The molecule has 2 N–H and O–H groups in total. The Bertz CT molecular complexity index is 304. The lowest BCUT2D eigenvalue weighted by Crippen LogP contribution is -2.13. The van der Waals surface area contributed by atoms with Crippen molar-refractivity contribution in [1.29, 1.82) is 0 Å². The lowest BCUT2D eigenvalue weighted by Gasteiger charge is -2.12. The lowest BCUT2D eigenvalue weighted by molar-refractivity contribution is 0.104. The standard InChI is InChI=1S/C13H21NO3/c1-2-8-16-12-5-3-4-6-13(12)17-11-10-15-9-7-14/h3-6H,2,7-11,14H2,1H3. The highest BCUT2D eigenvalue weighted by atomic mass is 16.5. The zero-order valence-electron chi connectivity index (χ0n) is 10.4. The quantitative estimate of drug-likeness (QED) is 0.668. The average molecular weight is 239 g/mol. The van der Waals surface area contributed by atoms with Gasteiger partial charge < -0.3 is 19.9 Å². The fraction of sp³-hybridized carbons (Fsp3) is 0.538. The first-order valence-electron chi connectivity index (χ1n) is 6.01. The van der Waals surface area contributed by atoms with Gasteiger partial charge in [0.05, 0.1) is 19.8 Å². The molecule has 4 heteroatoms. The Morgan fingerprint density at radius 1 is 0.941 bits per heavy atom. The van der Waals surface area contributed by atoms with Crippen LogP contribution in [0, 0.1) is 0 Å². The van der Waals surface area contributed by atoms with Gasteiger partial charge in [0.15, 0.2) is 11.5 Å². The van der Waals surface area contributed by atoms with Gasteiger partial charge in [0.2, 0.25) is 0 Å². The maximum atomic E-state index is 5.59. The molecule has 0 fully saturated rings. The zero-order valence-corrected chi connectivity index (χ0v) is 10.4. The molecule has 0 radical (unpaired) electrons. The second kappa shape index (κ2) is 8.84. The van der Waals surface area contributed by atoms with Crippen molar-refractivity contribution in [3.8, 4) is 11.5 Å². The monoisotopic (exact) mass is 239 g/mol. The summed E-state index contributed by atoms with van der Waals surface area (Å²) in [6.07, 6.45) is 0.980. The summed E-state index contributed by atoms with van der Waals surface area (Å²) in [5.41, 5.74) is 5.32. The van der Waals surface area contributed by atoms with Gasteiger partial charge in [0.1, 0.15) is 6.61 Å². The predicted molar refractivity (Wildman–Crippen MR) is 67.6 cm³/mol. The fourth-order valence-electron chi connectivity index (χ4n) is 1.30. The van der Waals surface area contributed by atoms with E-state index in [1.54, 1.807) is 0 Å². The molecule has 0 saturated carbocycles. The van der Waals surface area contributed by atoms with Crippen LogP contribution < -0.4 is 15.2 Å². The molecule has 0 bridgehead atoms. The molecule has 1 aromatic carbocycles. The van der Waals surface area contributed by atoms with Crippen LogP contribution >= 0.6 is 0 Å². The zero-order chi connectivity index (χ0) is 12.3. The van der Waals surface area contributed by atoms with Gasteiger partial charge in [-0.05, 0) is 18.6 Å². The highest BCUT2D eigenvalue weighted by molar-refractivity contribution is 5.39. The summed E-state index contributed by atoms with van der Waals surface area (Å²) in [4.78, 5) is 0. The van der Waals surface area contributed by atoms with Gasteiger partial charge >= 0.3 is 0 Å². The van der Waals surface area contributed by atoms with Crippen molar-refractivity contribution < 1.29 is 14.2 Å². The lowest BCUT2D eigenvalue weighted by atomic mass is 10.3. The minimum Gasteiger partial charge on any atom is -0.490 e. The number of hydrogen-bond donors (Lipinski definition) is 1. The van der Waals surface area contributed by atoms with Gasteiger partial charge in [-0.25, -0.2) is 0 Å². The van der Waals surface area contributed by atoms with Gasteiger partial charge in [0.25, 0.3) is 0 Å². The highest BCUT2D eigenvalue weighted by Crippen LogP contribution is 2.26. The largest absolute Gasteiger partial charge is 0.490 e. The Morgan fingerprint density at radius 3 is 2.18 bits per heavy atom. The van der Waals surface area contributed by atoms with Gasteiger partial charge in [-0.2, -0.15) is 0 Å². The number of ether oxygens (including phenoxy) is 3.